The smallest absolute Gasteiger partial charge is 0.339 e. The van der Waals surface area contributed by atoms with Gasteiger partial charge in [0.15, 0.2) is 0 Å². The van der Waals surface area contributed by atoms with Crippen LogP contribution < -0.4 is 4.74 Å². The lowest BCUT2D eigenvalue weighted by molar-refractivity contribution is -0.0536. The van der Waals surface area contributed by atoms with Gasteiger partial charge in [-0.1, -0.05) is 25.8 Å². The van der Waals surface area contributed by atoms with Crippen molar-refractivity contribution < 1.29 is 24.9 Å². The van der Waals surface area contributed by atoms with E-state index in [2.05, 4.69) is 6.58 Å². The van der Waals surface area contributed by atoms with Gasteiger partial charge in [0, 0.05) is 11.5 Å². The number of ether oxygens (including phenoxy) is 1. The molecule has 1 aromatic rings. The molecular formula is C21H30O5. The van der Waals surface area contributed by atoms with Crippen molar-refractivity contribution in [2.75, 3.05) is 0 Å². The molecule has 1 aromatic carbocycles. The number of fused-ring (bicyclic) bond motifs is 1. The van der Waals surface area contributed by atoms with Gasteiger partial charge in [-0.25, -0.2) is 4.79 Å². The Balaban J connectivity index is 2.35. The van der Waals surface area contributed by atoms with Gasteiger partial charge >= 0.3 is 5.97 Å². The van der Waals surface area contributed by atoms with Gasteiger partial charge in [-0.2, -0.15) is 0 Å². The molecule has 0 saturated carbocycles. The van der Waals surface area contributed by atoms with Crippen LogP contribution in [0.5, 0.6) is 11.5 Å². The van der Waals surface area contributed by atoms with Crippen molar-refractivity contribution in [3.8, 4) is 11.5 Å². The largest absolute Gasteiger partial charge is 0.507 e. The summed E-state index contributed by atoms with van der Waals surface area (Å²) in [7, 11) is 0. The third-order valence-electron chi connectivity index (χ3n) is 5.18. The van der Waals surface area contributed by atoms with Crippen LogP contribution in [0, 0.1) is 0 Å². The number of hydrogen-bond donors (Lipinski definition) is 3. The van der Waals surface area contributed by atoms with E-state index in [1.54, 1.807) is 13.0 Å². The Morgan fingerprint density at radius 1 is 1.42 bits per heavy atom. The molecule has 26 heavy (non-hydrogen) atoms. The molecule has 0 aliphatic carbocycles. The zero-order valence-electron chi connectivity index (χ0n) is 16.1. The average molecular weight is 362 g/mol. The monoisotopic (exact) mass is 362 g/mol. The van der Waals surface area contributed by atoms with Gasteiger partial charge < -0.3 is 20.1 Å². The van der Waals surface area contributed by atoms with Crippen molar-refractivity contribution in [2.45, 2.75) is 77.4 Å². The summed E-state index contributed by atoms with van der Waals surface area (Å²) in [5.41, 5.74) is 0.966. The zero-order chi connectivity index (χ0) is 19.6. The molecule has 3 N–H and O–H groups in total. The maximum Gasteiger partial charge on any atom is 0.339 e. The van der Waals surface area contributed by atoms with Crippen LogP contribution in [0.2, 0.25) is 0 Å². The fourth-order valence-electron chi connectivity index (χ4n) is 3.90. The van der Waals surface area contributed by atoms with Crippen LogP contribution >= 0.6 is 0 Å². The van der Waals surface area contributed by atoms with E-state index in [0.29, 0.717) is 29.7 Å². The van der Waals surface area contributed by atoms with E-state index in [0.717, 1.165) is 24.8 Å². The minimum Gasteiger partial charge on any atom is -0.507 e. The summed E-state index contributed by atoms with van der Waals surface area (Å²) in [6, 6.07) is 1.71. The zero-order valence-corrected chi connectivity index (χ0v) is 16.1. The predicted molar refractivity (Wildman–Crippen MR) is 101 cm³/mol. The highest BCUT2D eigenvalue weighted by Crippen LogP contribution is 2.49. The standard InChI is InChI=1S/C21H30O5/c1-6-8-14-11-15-16(18(22)17(14)20(23)24)13(4)19(26-15)21(5,25)10-7-9-12(2)3/h11,13,19,22,25H,2,6-10H2,1,3-5H3,(H,23,24)/t13-,19+,21?/m1/s1. The van der Waals surface area contributed by atoms with Crippen LogP contribution in [-0.4, -0.2) is 33.0 Å². The number of aromatic hydroxyl groups is 1. The molecule has 5 heteroatoms. The quantitative estimate of drug-likeness (QED) is 0.597. The van der Waals surface area contributed by atoms with Gasteiger partial charge in [0.25, 0.3) is 0 Å². The second kappa shape index (κ2) is 7.70. The first-order chi connectivity index (χ1) is 12.1. The maximum absolute atomic E-state index is 11.6. The van der Waals surface area contributed by atoms with Crippen molar-refractivity contribution in [3.63, 3.8) is 0 Å². The number of carbonyl (C=O) groups is 1. The molecule has 1 aliphatic heterocycles. The van der Waals surface area contributed by atoms with Gasteiger partial charge in [0.1, 0.15) is 23.2 Å². The number of rotatable bonds is 8. The molecule has 1 aliphatic rings. The average Bonchev–Trinajstić information content (AvgIpc) is 2.84. The molecule has 0 bridgehead atoms. The van der Waals surface area contributed by atoms with E-state index in [4.69, 9.17) is 4.74 Å². The summed E-state index contributed by atoms with van der Waals surface area (Å²) in [6.45, 7) is 11.4. The van der Waals surface area contributed by atoms with Gasteiger partial charge in [-0.3, -0.25) is 0 Å². The van der Waals surface area contributed by atoms with Gasteiger partial charge in [-0.05, 0) is 51.2 Å². The van der Waals surface area contributed by atoms with Crippen molar-refractivity contribution in [1.82, 2.24) is 0 Å². The van der Waals surface area contributed by atoms with Crippen molar-refractivity contribution in [1.29, 1.82) is 0 Å². The summed E-state index contributed by atoms with van der Waals surface area (Å²) in [6.07, 6.45) is 2.93. The number of phenols is 1. The van der Waals surface area contributed by atoms with Gasteiger partial charge in [0.2, 0.25) is 0 Å². The van der Waals surface area contributed by atoms with Crippen molar-refractivity contribution in [2.24, 2.45) is 0 Å². The van der Waals surface area contributed by atoms with E-state index in [-0.39, 0.29) is 17.2 Å². The molecule has 0 amide bonds. The van der Waals surface area contributed by atoms with Crippen LogP contribution in [0.3, 0.4) is 0 Å². The maximum atomic E-state index is 11.6. The van der Waals surface area contributed by atoms with Crippen LogP contribution in [-0.2, 0) is 6.42 Å². The van der Waals surface area contributed by atoms with Crippen LogP contribution in [0.25, 0.3) is 0 Å². The fraction of sp³-hybridized carbons (Fsp3) is 0.571. The Kier molecular flexibility index (Phi) is 6.02. The summed E-state index contributed by atoms with van der Waals surface area (Å²) in [5.74, 6) is -1.20. The lowest BCUT2D eigenvalue weighted by atomic mass is 9.82. The first-order valence-electron chi connectivity index (χ1n) is 9.25. The van der Waals surface area contributed by atoms with E-state index >= 15 is 0 Å². The molecule has 2 rings (SSSR count). The first kappa shape index (κ1) is 20.3. The third-order valence-corrected chi connectivity index (χ3v) is 5.18. The first-order valence-corrected chi connectivity index (χ1v) is 9.25. The minimum absolute atomic E-state index is 0.0522. The molecule has 0 spiro atoms. The number of aliphatic hydroxyl groups is 1. The number of benzene rings is 1. The molecule has 5 nitrogen and oxygen atoms in total. The van der Waals surface area contributed by atoms with Crippen LogP contribution in [0.15, 0.2) is 18.2 Å². The number of aryl methyl sites for hydroxylation is 1. The second-order valence-corrected chi connectivity index (χ2v) is 7.72. The van der Waals surface area contributed by atoms with Crippen LogP contribution in [0.4, 0.5) is 0 Å². The van der Waals surface area contributed by atoms with Crippen LogP contribution in [0.1, 0.15) is 80.8 Å². The number of carboxylic acid groups (broad SMARTS) is 1. The molecular weight excluding hydrogens is 332 g/mol. The summed E-state index contributed by atoms with van der Waals surface area (Å²) >= 11 is 0. The Bertz CT molecular complexity index is 705. The third kappa shape index (κ3) is 3.88. The Morgan fingerprint density at radius 2 is 2.08 bits per heavy atom. The molecule has 0 saturated heterocycles. The topological polar surface area (TPSA) is 87.0 Å². The van der Waals surface area contributed by atoms with Gasteiger partial charge in [0.05, 0.1) is 5.60 Å². The molecule has 0 radical (unpaired) electrons. The Morgan fingerprint density at radius 3 is 2.62 bits per heavy atom. The number of aromatic carboxylic acids is 1. The van der Waals surface area contributed by atoms with E-state index in [9.17, 15) is 20.1 Å². The minimum atomic E-state index is -1.14. The van der Waals surface area contributed by atoms with Crippen molar-refractivity contribution in [3.05, 3.63) is 34.9 Å². The SMILES string of the molecule is C=C(C)CCCC(C)(O)[C@H]1Oc2cc(CCC)c(C(=O)O)c(O)c2[C@H]1C. The highest BCUT2D eigenvalue weighted by Gasteiger charge is 2.45. The second-order valence-electron chi connectivity index (χ2n) is 7.72. The van der Waals surface area contributed by atoms with E-state index in [1.165, 1.54) is 0 Å². The number of carboxylic acids is 1. The normalized spacial score (nSPS) is 21.0. The highest BCUT2D eigenvalue weighted by molar-refractivity contribution is 5.94. The number of allylic oxidation sites excluding steroid dienone is 1. The molecule has 144 valence electrons. The van der Waals surface area contributed by atoms with E-state index < -0.39 is 17.7 Å². The van der Waals surface area contributed by atoms with Crippen molar-refractivity contribution >= 4 is 5.97 Å². The van der Waals surface area contributed by atoms with E-state index in [1.807, 2.05) is 20.8 Å². The summed E-state index contributed by atoms with van der Waals surface area (Å²) in [5, 5.41) is 31.1. The summed E-state index contributed by atoms with van der Waals surface area (Å²) in [4.78, 5) is 11.6. The van der Waals surface area contributed by atoms with Gasteiger partial charge in [-0.15, -0.1) is 6.58 Å². The summed E-state index contributed by atoms with van der Waals surface area (Å²) < 4.78 is 6.02. The lowest BCUT2D eigenvalue weighted by Gasteiger charge is -2.32. The predicted octanol–water partition coefficient (Wildman–Crippen LogP) is 4.40. The Hall–Kier alpha value is -2.01. The number of hydrogen-bond acceptors (Lipinski definition) is 4. The lowest BCUT2D eigenvalue weighted by Crippen LogP contribution is -2.43. The molecule has 3 atom stereocenters. The highest BCUT2D eigenvalue weighted by atomic mass is 16.5. The molecule has 0 fully saturated rings. The molecule has 0 aromatic heterocycles. The Labute approximate surface area is 155 Å². The molecule has 1 heterocycles. The fourth-order valence-corrected chi connectivity index (χ4v) is 3.90. The molecule has 1 unspecified atom stereocenters.